The van der Waals surface area contributed by atoms with Gasteiger partial charge in [-0.3, -0.25) is 4.79 Å². The van der Waals surface area contributed by atoms with E-state index in [-0.39, 0.29) is 18.1 Å². The summed E-state index contributed by atoms with van der Waals surface area (Å²) in [7, 11) is 0. The summed E-state index contributed by atoms with van der Waals surface area (Å²) in [6.07, 6.45) is 5.25. The number of aromatic nitrogens is 3. The molecule has 9 heteroatoms. The second-order valence-corrected chi connectivity index (χ2v) is 7.95. The molecule has 9 nitrogen and oxygen atoms in total. The fourth-order valence-corrected chi connectivity index (χ4v) is 3.83. The molecule has 1 saturated heterocycles. The number of hydrogen-bond donors (Lipinski definition) is 3. The lowest BCUT2D eigenvalue weighted by Crippen LogP contribution is -2.45. The zero-order valence-corrected chi connectivity index (χ0v) is 16.7. The van der Waals surface area contributed by atoms with Crippen molar-refractivity contribution in [2.45, 2.75) is 51.4 Å². The van der Waals surface area contributed by atoms with Crippen molar-refractivity contribution in [2.75, 3.05) is 18.5 Å². The molecule has 4 heterocycles. The largest absolute Gasteiger partial charge is 0.381 e. The molecule has 154 valence electrons. The Balaban J connectivity index is 1.44. The molecular weight excluding hydrogens is 372 g/mol. The second kappa shape index (κ2) is 7.82. The van der Waals surface area contributed by atoms with E-state index < -0.39 is 5.54 Å². The minimum absolute atomic E-state index is 0.189. The van der Waals surface area contributed by atoms with E-state index >= 15 is 0 Å². The van der Waals surface area contributed by atoms with Gasteiger partial charge in [0, 0.05) is 49.8 Å². The number of carbonyl (C=O) groups is 1. The highest BCUT2D eigenvalue weighted by molar-refractivity contribution is 5.76. The van der Waals surface area contributed by atoms with Gasteiger partial charge in [0.2, 0.25) is 11.5 Å². The van der Waals surface area contributed by atoms with Crippen LogP contribution in [0.3, 0.4) is 0 Å². The molecule has 1 fully saturated rings. The average molecular weight is 398 g/mol. The number of rotatable bonds is 4. The van der Waals surface area contributed by atoms with Crippen molar-refractivity contribution >= 4 is 12.0 Å². The summed E-state index contributed by atoms with van der Waals surface area (Å²) in [5.41, 5.74) is 1.84. The lowest BCUT2D eigenvalue weighted by molar-refractivity contribution is 0.0903. The molecule has 4 rings (SSSR count). The number of carbonyl (C=O) groups excluding carboxylic acids is 1. The Labute approximate surface area is 168 Å². The van der Waals surface area contributed by atoms with Gasteiger partial charge in [-0.2, -0.15) is 0 Å². The van der Waals surface area contributed by atoms with Gasteiger partial charge in [0.15, 0.2) is 0 Å². The maximum absolute atomic E-state index is 12.8. The van der Waals surface area contributed by atoms with E-state index in [9.17, 15) is 9.59 Å². The van der Waals surface area contributed by atoms with Gasteiger partial charge in [0.25, 0.3) is 0 Å². The van der Waals surface area contributed by atoms with Crippen LogP contribution in [-0.4, -0.2) is 45.1 Å². The third kappa shape index (κ3) is 4.09. The Morgan fingerprint density at radius 1 is 1.38 bits per heavy atom. The maximum atomic E-state index is 12.8. The number of H-pyrrole nitrogens is 1. The Hall–Kier alpha value is -2.94. The molecule has 29 heavy (non-hydrogen) atoms. The summed E-state index contributed by atoms with van der Waals surface area (Å²) < 4.78 is 5.39. The molecule has 2 aliphatic rings. The van der Waals surface area contributed by atoms with Crippen LogP contribution >= 0.6 is 0 Å². The molecule has 0 unspecified atom stereocenters. The Kier molecular flexibility index (Phi) is 5.23. The van der Waals surface area contributed by atoms with E-state index in [1.807, 2.05) is 20.0 Å². The van der Waals surface area contributed by atoms with E-state index in [1.165, 1.54) is 6.07 Å². The molecular formula is C20H26N6O3. The first-order valence-electron chi connectivity index (χ1n) is 9.87. The first-order chi connectivity index (χ1) is 13.9. The summed E-state index contributed by atoms with van der Waals surface area (Å²) in [5.74, 6) is 0.595. The van der Waals surface area contributed by atoms with Gasteiger partial charge < -0.3 is 25.3 Å². The molecule has 0 saturated carbocycles. The van der Waals surface area contributed by atoms with Gasteiger partial charge in [-0.25, -0.2) is 14.8 Å². The number of ether oxygens (including phenoxy) is 1. The molecule has 0 radical (unpaired) electrons. The highest BCUT2D eigenvalue weighted by atomic mass is 16.5. The zero-order chi connectivity index (χ0) is 20.4. The Bertz CT molecular complexity index is 951. The summed E-state index contributed by atoms with van der Waals surface area (Å²) >= 11 is 0. The number of nitrogens with one attached hydrogen (secondary N) is 3. The lowest BCUT2D eigenvalue weighted by atomic mass is 9.97. The van der Waals surface area contributed by atoms with E-state index in [0.717, 1.165) is 42.9 Å². The van der Waals surface area contributed by atoms with Gasteiger partial charge in [-0.15, -0.1) is 0 Å². The Morgan fingerprint density at radius 3 is 2.93 bits per heavy atom. The predicted octanol–water partition coefficient (Wildman–Crippen LogP) is 1.72. The van der Waals surface area contributed by atoms with Crippen molar-refractivity contribution in [3.63, 3.8) is 0 Å². The van der Waals surface area contributed by atoms with Crippen LogP contribution in [0.2, 0.25) is 0 Å². The number of urea groups is 1. The van der Waals surface area contributed by atoms with Gasteiger partial charge in [-0.05, 0) is 38.3 Å². The van der Waals surface area contributed by atoms with Gasteiger partial charge in [0.1, 0.15) is 0 Å². The molecule has 0 aromatic carbocycles. The number of anilines is 1. The Morgan fingerprint density at radius 2 is 2.17 bits per heavy atom. The van der Waals surface area contributed by atoms with E-state index in [4.69, 9.17) is 4.74 Å². The molecule has 2 aromatic rings. The molecule has 3 N–H and O–H groups in total. The molecule has 2 aliphatic heterocycles. The number of hydrogen-bond acceptors (Lipinski definition) is 6. The van der Waals surface area contributed by atoms with Crippen molar-refractivity contribution in [3.05, 3.63) is 51.7 Å². The van der Waals surface area contributed by atoms with Crippen LogP contribution in [0.25, 0.3) is 0 Å². The van der Waals surface area contributed by atoms with Crippen molar-refractivity contribution in [1.82, 2.24) is 25.2 Å². The SMILES string of the molecule is CC1(C)c2cnc(NC3CCOCC3)nc2CN1C(=O)NCc1cc[nH]c(=O)c1. The van der Waals surface area contributed by atoms with Crippen LogP contribution < -0.4 is 16.2 Å². The van der Waals surface area contributed by atoms with Gasteiger partial charge >= 0.3 is 6.03 Å². The molecule has 2 aromatic heterocycles. The van der Waals surface area contributed by atoms with E-state index in [0.29, 0.717) is 18.5 Å². The monoisotopic (exact) mass is 398 g/mol. The van der Waals surface area contributed by atoms with E-state index in [2.05, 4.69) is 25.6 Å². The van der Waals surface area contributed by atoms with Crippen LogP contribution in [0.15, 0.2) is 29.3 Å². The van der Waals surface area contributed by atoms with Crippen LogP contribution in [0, 0.1) is 0 Å². The topological polar surface area (TPSA) is 112 Å². The summed E-state index contributed by atoms with van der Waals surface area (Å²) in [6, 6.07) is 3.35. The number of aromatic amines is 1. The first kappa shape index (κ1) is 19.4. The summed E-state index contributed by atoms with van der Waals surface area (Å²) in [6.45, 7) is 6.16. The minimum atomic E-state index is -0.523. The molecule has 0 aliphatic carbocycles. The molecule has 0 bridgehead atoms. The lowest BCUT2D eigenvalue weighted by Gasteiger charge is -2.32. The number of nitrogens with zero attached hydrogens (tertiary/aromatic N) is 3. The fraction of sp³-hybridized carbons (Fsp3) is 0.500. The zero-order valence-electron chi connectivity index (χ0n) is 16.7. The highest BCUT2D eigenvalue weighted by Gasteiger charge is 2.41. The van der Waals surface area contributed by atoms with Crippen LogP contribution in [0.5, 0.6) is 0 Å². The third-order valence-corrected chi connectivity index (χ3v) is 5.59. The summed E-state index contributed by atoms with van der Waals surface area (Å²) in [4.78, 5) is 37.7. The average Bonchev–Trinajstić information content (AvgIpc) is 2.97. The van der Waals surface area contributed by atoms with Crippen molar-refractivity contribution in [1.29, 1.82) is 0 Å². The standard InChI is InChI=1S/C20H26N6O3/c1-20(2)15-11-22-18(24-14-4-7-29-8-5-14)25-16(15)12-26(20)19(28)23-10-13-3-6-21-17(27)9-13/h3,6,9,11,14H,4-5,7-8,10,12H2,1-2H3,(H,21,27)(H,23,28)(H,22,24,25). The van der Waals surface area contributed by atoms with Crippen molar-refractivity contribution in [3.8, 4) is 0 Å². The van der Waals surface area contributed by atoms with Crippen molar-refractivity contribution < 1.29 is 9.53 Å². The number of fused-ring (bicyclic) bond motifs is 1. The van der Waals surface area contributed by atoms with E-state index in [1.54, 1.807) is 17.2 Å². The van der Waals surface area contributed by atoms with Crippen LogP contribution in [0.4, 0.5) is 10.7 Å². The van der Waals surface area contributed by atoms with Gasteiger partial charge in [0.05, 0.1) is 17.8 Å². The predicted molar refractivity (Wildman–Crippen MR) is 107 cm³/mol. The van der Waals surface area contributed by atoms with Crippen molar-refractivity contribution in [2.24, 2.45) is 0 Å². The molecule has 2 amide bonds. The number of pyridine rings is 1. The smallest absolute Gasteiger partial charge is 0.318 e. The summed E-state index contributed by atoms with van der Waals surface area (Å²) in [5, 5.41) is 6.28. The highest BCUT2D eigenvalue weighted by Crippen LogP contribution is 2.37. The maximum Gasteiger partial charge on any atom is 0.318 e. The number of amides is 2. The first-order valence-corrected chi connectivity index (χ1v) is 9.87. The van der Waals surface area contributed by atoms with Gasteiger partial charge in [-0.1, -0.05) is 0 Å². The quantitative estimate of drug-likeness (QED) is 0.723. The molecule has 0 spiro atoms. The van der Waals surface area contributed by atoms with Crippen LogP contribution in [0.1, 0.15) is 43.5 Å². The minimum Gasteiger partial charge on any atom is -0.381 e. The van der Waals surface area contributed by atoms with Crippen LogP contribution in [-0.2, 0) is 23.4 Å². The fourth-order valence-electron chi connectivity index (χ4n) is 3.83. The normalized spacial score (nSPS) is 18.3. The third-order valence-electron chi connectivity index (χ3n) is 5.59. The molecule has 0 atom stereocenters. The second-order valence-electron chi connectivity index (χ2n) is 7.95.